The number of halogens is 1. The highest BCUT2D eigenvalue weighted by atomic mass is 79.9. The third-order valence-electron chi connectivity index (χ3n) is 2.02. The molecule has 0 amide bonds. The van der Waals surface area contributed by atoms with Crippen molar-refractivity contribution in [2.24, 2.45) is 5.73 Å². The molecule has 0 saturated carbocycles. The summed E-state index contributed by atoms with van der Waals surface area (Å²) in [7, 11) is 0. The Bertz CT molecular complexity index is 263. The number of hydrogen-bond acceptors (Lipinski definition) is 2. The van der Waals surface area contributed by atoms with Gasteiger partial charge < -0.3 is 5.73 Å². The number of nitrogens with zero attached hydrogens (tertiary/aromatic N) is 1. The Hall–Kier alpha value is -0.410. The zero-order chi connectivity index (χ0) is 9.68. The smallest absolute Gasteiger partial charge is 0.0410 e. The van der Waals surface area contributed by atoms with Gasteiger partial charge in [-0.1, -0.05) is 19.8 Å². The van der Waals surface area contributed by atoms with Crippen molar-refractivity contribution in [2.45, 2.75) is 32.2 Å². The molecule has 1 aromatic heterocycles. The van der Waals surface area contributed by atoms with E-state index in [9.17, 15) is 0 Å². The van der Waals surface area contributed by atoms with Gasteiger partial charge in [0.1, 0.15) is 0 Å². The van der Waals surface area contributed by atoms with E-state index in [1.54, 1.807) is 6.20 Å². The van der Waals surface area contributed by atoms with Gasteiger partial charge in [-0.15, -0.1) is 0 Å². The molecule has 1 heterocycles. The lowest BCUT2D eigenvalue weighted by Crippen LogP contribution is -2.10. The van der Waals surface area contributed by atoms with Crippen LogP contribution in [0, 0.1) is 0 Å². The molecule has 0 spiro atoms. The van der Waals surface area contributed by atoms with Gasteiger partial charge in [0.15, 0.2) is 0 Å². The summed E-state index contributed by atoms with van der Waals surface area (Å²) < 4.78 is 0.997. The summed E-state index contributed by atoms with van der Waals surface area (Å²) in [6.45, 7) is 2.17. The molecule has 0 aliphatic rings. The molecular weight excluding hydrogens is 228 g/mol. The highest BCUT2D eigenvalue weighted by Crippen LogP contribution is 2.18. The maximum atomic E-state index is 5.99. The molecule has 0 aromatic carbocycles. The van der Waals surface area contributed by atoms with Crippen LogP contribution in [0.25, 0.3) is 0 Å². The fraction of sp³-hybridized carbons (Fsp3) is 0.500. The predicted octanol–water partition coefficient (Wildman–Crippen LogP) is 3.03. The van der Waals surface area contributed by atoms with Crippen molar-refractivity contribution < 1.29 is 0 Å². The largest absolute Gasteiger partial charge is 0.324 e. The summed E-state index contributed by atoms with van der Waals surface area (Å²) in [6, 6.07) is 2.16. The lowest BCUT2D eigenvalue weighted by molar-refractivity contribution is 0.601. The molecule has 0 saturated heterocycles. The zero-order valence-corrected chi connectivity index (χ0v) is 9.42. The second-order valence-electron chi connectivity index (χ2n) is 3.19. The predicted molar refractivity (Wildman–Crippen MR) is 58.4 cm³/mol. The van der Waals surface area contributed by atoms with Crippen LogP contribution in [-0.4, -0.2) is 4.98 Å². The molecule has 13 heavy (non-hydrogen) atoms. The molecule has 72 valence electrons. The standard InChI is InChI=1S/C10H15BrN2/c1-2-3-4-10(12)8-5-9(11)7-13-6-8/h5-7,10H,2-4,12H2,1H3/t10-/m1/s1. The van der Waals surface area contributed by atoms with Crippen molar-refractivity contribution in [1.82, 2.24) is 4.98 Å². The van der Waals surface area contributed by atoms with Gasteiger partial charge in [0.2, 0.25) is 0 Å². The first-order valence-electron chi connectivity index (χ1n) is 4.60. The summed E-state index contributed by atoms with van der Waals surface area (Å²) in [5.41, 5.74) is 7.10. The average molecular weight is 243 g/mol. The molecule has 0 radical (unpaired) electrons. The van der Waals surface area contributed by atoms with Crippen LogP contribution < -0.4 is 5.73 Å². The molecule has 1 rings (SSSR count). The van der Waals surface area contributed by atoms with Crippen LogP contribution in [0.3, 0.4) is 0 Å². The number of unbranched alkanes of at least 4 members (excludes halogenated alkanes) is 1. The number of rotatable bonds is 4. The van der Waals surface area contributed by atoms with E-state index < -0.39 is 0 Å². The van der Waals surface area contributed by atoms with Crippen molar-refractivity contribution >= 4 is 15.9 Å². The minimum Gasteiger partial charge on any atom is -0.324 e. The van der Waals surface area contributed by atoms with Crippen LogP contribution in [0.1, 0.15) is 37.8 Å². The Morgan fingerprint density at radius 1 is 1.54 bits per heavy atom. The summed E-state index contributed by atoms with van der Waals surface area (Å²) in [4.78, 5) is 4.09. The van der Waals surface area contributed by atoms with Crippen LogP contribution in [0.4, 0.5) is 0 Å². The van der Waals surface area contributed by atoms with E-state index in [4.69, 9.17) is 5.73 Å². The van der Waals surface area contributed by atoms with E-state index in [1.807, 2.05) is 12.3 Å². The minimum absolute atomic E-state index is 0.130. The fourth-order valence-corrected chi connectivity index (χ4v) is 1.60. The van der Waals surface area contributed by atoms with Crippen molar-refractivity contribution in [2.75, 3.05) is 0 Å². The van der Waals surface area contributed by atoms with Gasteiger partial charge >= 0.3 is 0 Å². The van der Waals surface area contributed by atoms with E-state index >= 15 is 0 Å². The van der Waals surface area contributed by atoms with Crippen molar-refractivity contribution in [3.8, 4) is 0 Å². The van der Waals surface area contributed by atoms with Crippen molar-refractivity contribution in [3.63, 3.8) is 0 Å². The van der Waals surface area contributed by atoms with Gasteiger partial charge in [0, 0.05) is 22.9 Å². The molecule has 1 aromatic rings. The monoisotopic (exact) mass is 242 g/mol. The number of nitrogens with two attached hydrogens (primary N) is 1. The molecule has 0 unspecified atom stereocenters. The maximum Gasteiger partial charge on any atom is 0.0410 e. The van der Waals surface area contributed by atoms with Crippen molar-refractivity contribution in [3.05, 3.63) is 28.5 Å². The Morgan fingerprint density at radius 2 is 2.31 bits per heavy atom. The second kappa shape index (κ2) is 5.35. The number of pyridine rings is 1. The summed E-state index contributed by atoms with van der Waals surface area (Å²) in [5, 5.41) is 0. The SMILES string of the molecule is CCCC[C@@H](N)c1cncc(Br)c1. The van der Waals surface area contributed by atoms with Crippen LogP contribution in [0.2, 0.25) is 0 Å². The van der Waals surface area contributed by atoms with Gasteiger partial charge in [-0.25, -0.2) is 0 Å². The summed E-state index contributed by atoms with van der Waals surface area (Å²) in [5.74, 6) is 0. The van der Waals surface area contributed by atoms with E-state index in [2.05, 4.69) is 27.8 Å². The Kier molecular flexibility index (Phi) is 4.39. The average Bonchev–Trinajstić information content (AvgIpc) is 2.14. The minimum atomic E-state index is 0.130. The number of aromatic nitrogens is 1. The summed E-state index contributed by atoms with van der Waals surface area (Å²) in [6.07, 6.45) is 7.01. The fourth-order valence-electron chi connectivity index (χ4n) is 1.22. The first-order chi connectivity index (χ1) is 6.24. The van der Waals surface area contributed by atoms with Gasteiger partial charge in [-0.2, -0.15) is 0 Å². The third kappa shape index (κ3) is 3.44. The van der Waals surface area contributed by atoms with E-state index in [-0.39, 0.29) is 6.04 Å². The zero-order valence-electron chi connectivity index (χ0n) is 7.83. The highest BCUT2D eigenvalue weighted by molar-refractivity contribution is 9.10. The summed E-state index contributed by atoms with van der Waals surface area (Å²) >= 11 is 3.38. The van der Waals surface area contributed by atoms with Gasteiger partial charge in [0.25, 0.3) is 0 Å². The molecule has 0 fully saturated rings. The Balaban J connectivity index is 2.60. The number of hydrogen-bond donors (Lipinski definition) is 1. The lowest BCUT2D eigenvalue weighted by atomic mass is 10.0. The van der Waals surface area contributed by atoms with E-state index in [0.29, 0.717) is 0 Å². The third-order valence-corrected chi connectivity index (χ3v) is 2.46. The lowest BCUT2D eigenvalue weighted by Gasteiger charge is -2.10. The maximum absolute atomic E-state index is 5.99. The van der Waals surface area contributed by atoms with Gasteiger partial charge in [-0.3, -0.25) is 4.98 Å². The second-order valence-corrected chi connectivity index (χ2v) is 4.10. The molecule has 2 nitrogen and oxygen atoms in total. The van der Waals surface area contributed by atoms with E-state index in [0.717, 1.165) is 16.5 Å². The molecule has 1 atom stereocenters. The first kappa shape index (κ1) is 10.7. The molecule has 0 bridgehead atoms. The van der Waals surface area contributed by atoms with Crippen LogP contribution in [0.5, 0.6) is 0 Å². The molecule has 2 N–H and O–H groups in total. The molecule has 0 aliphatic carbocycles. The van der Waals surface area contributed by atoms with Crippen LogP contribution >= 0.6 is 15.9 Å². The highest BCUT2D eigenvalue weighted by Gasteiger charge is 2.05. The molecule has 0 aliphatic heterocycles. The molecular formula is C10H15BrN2. The quantitative estimate of drug-likeness (QED) is 0.882. The normalized spacial score (nSPS) is 12.8. The first-order valence-corrected chi connectivity index (χ1v) is 5.39. The topological polar surface area (TPSA) is 38.9 Å². The van der Waals surface area contributed by atoms with E-state index in [1.165, 1.54) is 12.8 Å². The van der Waals surface area contributed by atoms with Gasteiger partial charge in [-0.05, 0) is 34.0 Å². The van der Waals surface area contributed by atoms with Crippen LogP contribution in [-0.2, 0) is 0 Å². The Labute approximate surface area is 87.7 Å². The molecule has 3 heteroatoms. The van der Waals surface area contributed by atoms with Crippen LogP contribution in [0.15, 0.2) is 22.9 Å². The van der Waals surface area contributed by atoms with Crippen molar-refractivity contribution in [1.29, 1.82) is 0 Å². The van der Waals surface area contributed by atoms with Gasteiger partial charge in [0.05, 0.1) is 0 Å². The Morgan fingerprint density at radius 3 is 2.92 bits per heavy atom.